The van der Waals surface area contributed by atoms with Crippen molar-refractivity contribution in [1.82, 2.24) is 20.2 Å². The van der Waals surface area contributed by atoms with Crippen molar-refractivity contribution in [3.05, 3.63) is 33.5 Å². The number of nitrogens with zero attached hydrogens (tertiary/aromatic N) is 4. The van der Waals surface area contributed by atoms with Gasteiger partial charge < -0.3 is 0 Å². The number of alkyl halides is 1. The summed E-state index contributed by atoms with van der Waals surface area (Å²) in [5, 5.41) is 11.7. The van der Waals surface area contributed by atoms with Crippen LogP contribution in [0.3, 0.4) is 0 Å². The molecule has 0 aliphatic heterocycles. The molecule has 7 heteroatoms. The second kappa shape index (κ2) is 4.47. The summed E-state index contributed by atoms with van der Waals surface area (Å²) in [5.41, 5.74) is 0.701. The van der Waals surface area contributed by atoms with Crippen molar-refractivity contribution >= 4 is 39.1 Å². The van der Waals surface area contributed by atoms with Crippen molar-refractivity contribution in [3.63, 3.8) is 0 Å². The average Bonchev–Trinajstić information content (AvgIpc) is 2.69. The number of rotatable bonds is 2. The largest absolute Gasteiger partial charge is 0.195 e. The molecule has 0 saturated heterocycles. The van der Waals surface area contributed by atoms with E-state index < -0.39 is 0 Å². The Kier molecular flexibility index (Phi) is 3.23. The summed E-state index contributed by atoms with van der Waals surface area (Å²) < 4.78 is 2.41. The molecule has 2 rings (SSSR count). The van der Waals surface area contributed by atoms with Crippen LogP contribution >= 0.6 is 39.1 Å². The molecular weight excluding hydrogens is 303 g/mol. The summed E-state index contributed by atoms with van der Waals surface area (Å²) >= 11 is 15.1. The molecule has 0 radical (unpaired) electrons. The lowest BCUT2D eigenvalue weighted by Crippen LogP contribution is -2.02. The summed E-state index contributed by atoms with van der Waals surface area (Å²) in [6, 6.07) is 5.44. The van der Waals surface area contributed by atoms with Gasteiger partial charge in [0, 0.05) is 4.47 Å². The van der Waals surface area contributed by atoms with Gasteiger partial charge in [0.2, 0.25) is 0 Å². The Morgan fingerprint density at radius 2 is 2.20 bits per heavy atom. The Morgan fingerprint density at radius 1 is 1.40 bits per heavy atom. The van der Waals surface area contributed by atoms with E-state index in [1.165, 1.54) is 4.68 Å². The van der Waals surface area contributed by atoms with Crippen LogP contribution in [0.15, 0.2) is 22.7 Å². The monoisotopic (exact) mass is 306 g/mol. The van der Waals surface area contributed by atoms with E-state index in [0.717, 1.165) is 4.47 Å². The molecule has 1 aromatic carbocycles. The van der Waals surface area contributed by atoms with Crippen molar-refractivity contribution in [2.75, 3.05) is 0 Å². The number of hydrogen-bond donors (Lipinski definition) is 0. The Hall–Kier alpha value is -0.650. The van der Waals surface area contributed by atoms with Gasteiger partial charge in [-0.05, 0) is 28.6 Å². The van der Waals surface area contributed by atoms with Gasteiger partial charge in [0.25, 0.3) is 0 Å². The topological polar surface area (TPSA) is 43.6 Å². The predicted molar refractivity (Wildman–Crippen MR) is 61.4 cm³/mol. The highest BCUT2D eigenvalue weighted by atomic mass is 79.9. The molecule has 0 unspecified atom stereocenters. The molecular formula is C8H5BrCl2N4. The molecule has 0 amide bonds. The van der Waals surface area contributed by atoms with E-state index >= 15 is 0 Å². The van der Waals surface area contributed by atoms with Gasteiger partial charge in [-0.25, -0.2) is 0 Å². The van der Waals surface area contributed by atoms with Crippen molar-refractivity contribution in [1.29, 1.82) is 0 Å². The SMILES string of the molecule is ClCc1nnnn1-c1cc(Br)ccc1Cl. The Labute approximate surface area is 104 Å². The van der Waals surface area contributed by atoms with Gasteiger partial charge in [-0.15, -0.1) is 16.7 Å². The summed E-state index contributed by atoms with van der Waals surface area (Å²) in [4.78, 5) is 0. The fraction of sp³-hybridized carbons (Fsp3) is 0.125. The van der Waals surface area contributed by atoms with Gasteiger partial charge in [-0.2, -0.15) is 4.68 Å². The maximum Gasteiger partial charge on any atom is 0.171 e. The summed E-state index contributed by atoms with van der Waals surface area (Å²) in [5.74, 6) is 0.784. The number of tetrazole rings is 1. The van der Waals surface area contributed by atoms with Crippen LogP contribution in [0.1, 0.15) is 5.82 Å². The third kappa shape index (κ3) is 2.14. The second-order valence-electron chi connectivity index (χ2n) is 2.74. The summed E-state index contributed by atoms with van der Waals surface area (Å²) in [6.45, 7) is 0. The zero-order chi connectivity index (χ0) is 10.8. The fourth-order valence-electron chi connectivity index (χ4n) is 1.12. The first-order valence-corrected chi connectivity index (χ1v) is 5.71. The van der Waals surface area contributed by atoms with Crippen LogP contribution in [0.4, 0.5) is 0 Å². The van der Waals surface area contributed by atoms with E-state index in [0.29, 0.717) is 16.5 Å². The highest BCUT2D eigenvalue weighted by Gasteiger charge is 2.10. The van der Waals surface area contributed by atoms with Crippen LogP contribution in [-0.4, -0.2) is 20.2 Å². The first kappa shape index (κ1) is 10.9. The summed E-state index contributed by atoms with van der Waals surface area (Å²) in [6.07, 6.45) is 0. The van der Waals surface area contributed by atoms with E-state index in [4.69, 9.17) is 23.2 Å². The molecule has 0 fully saturated rings. The predicted octanol–water partition coefficient (Wildman–Crippen LogP) is 2.82. The number of aromatic nitrogens is 4. The number of hydrogen-bond acceptors (Lipinski definition) is 3. The Bertz CT molecular complexity index is 485. The number of halogens is 3. The summed E-state index contributed by atoms with van der Waals surface area (Å²) in [7, 11) is 0. The molecule has 1 heterocycles. The van der Waals surface area contributed by atoms with Crippen LogP contribution in [-0.2, 0) is 5.88 Å². The minimum Gasteiger partial charge on any atom is -0.195 e. The molecule has 1 aromatic heterocycles. The molecule has 0 aliphatic rings. The zero-order valence-corrected chi connectivity index (χ0v) is 10.5. The first-order valence-electron chi connectivity index (χ1n) is 4.01. The van der Waals surface area contributed by atoms with Crippen LogP contribution in [0.2, 0.25) is 5.02 Å². The molecule has 0 N–H and O–H groups in total. The molecule has 2 aromatic rings. The lowest BCUT2D eigenvalue weighted by molar-refractivity contribution is 0.777. The maximum atomic E-state index is 6.04. The van der Waals surface area contributed by atoms with Crippen molar-refractivity contribution in [3.8, 4) is 5.69 Å². The Morgan fingerprint density at radius 3 is 2.93 bits per heavy atom. The van der Waals surface area contributed by atoms with Gasteiger partial charge in [0.15, 0.2) is 5.82 Å². The molecule has 15 heavy (non-hydrogen) atoms. The average molecular weight is 308 g/mol. The molecule has 0 saturated carbocycles. The quantitative estimate of drug-likeness (QED) is 0.801. The van der Waals surface area contributed by atoms with Crippen LogP contribution in [0.25, 0.3) is 5.69 Å². The lowest BCUT2D eigenvalue weighted by Gasteiger charge is -2.05. The lowest BCUT2D eigenvalue weighted by atomic mass is 10.3. The third-order valence-electron chi connectivity index (χ3n) is 1.79. The highest BCUT2D eigenvalue weighted by molar-refractivity contribution is 9.10. The zero-order valence-electron chi connectivity index (χ0n) is 7.36. The molecule has 0 atom stereocenters. The molecule has 78 valence electrons. The number of benzene rings is 1. The van der Waals surface area contributed by atoms with Crippen LogP contribution in [0.5, 0.6) is 0 Å². The van der Waals surface area contributed by atoms with E-state index in [-0.39, 0.29) is 5.88 Å². The first-order chi connectivity index (χ1) is 7.22. The minimum absolute atomic E-state index is 0.232. The van der Waals surface area contributed by atoms with Gasteiger partial charge in [-0.3, -0.25) is 0 Å². The molecule has 0 bridgehead atoms. The smallest absolute Gasteiger partial charge is 0.171 e. The van der Waals surface area contributed by atoms with Crippen LogP contribution in [0, 0.1) is 0 Å². The van der Waals surface area contributed by atoms with Crippen molar-refractivity contribution in [2.45, 2.75) is 5.88 Å². The van der Waals surface area contributed by atoms with Crippen LogP contribution < -0.4 is 0 Å². The van der Waals surface area contributed by atoms with Gasteiger partial charge in [-0.1, -0.05) is 27.5 Å². The van der Waals surface area contributed by atoms with Gasteiger partial charge in [0.1, 0.15) is 0 Å². The van der Waals surface area contributed by atoms with E-state index in [1.807, 2.05) is 12.1 Å². The molecule has 0 spiro atoms. The van der Waals surface area contributed by atoms with Crippen molar-refractivity contribution in [2.24, 2.45) is 0 Å². The van der Waals surface area contributed by atoms with E-state index in [9.17, 15) is 0 Å². The minimum atomic E-state index is 0.232. The van der Waals surface area contributed by atoms with Gasteiger partial charge >= 0.3 is 0 Å². The van der Waals surface area contributed by atoms with Gasteiger partial charge in [0.05, 0.1) is 16.6 Å². The molecule has 0 aliphatic carbocycles. The standard InChI is InChI=1S/C8H5BrCl2N4/c9-5-1-2-6(11)7(3-5)15-8(4-10)12-13-14-15/h1-3H,4H2. The molecule has 4 nitrogen and oxygen atoms in total. The van der Waals surface area contributed by atoms with E-state index in [1.54, 1.807) is 6.07 Å². The Balaban J connectivity index is 2.58. The third-order valence-corrected chi connectivity index (χ3v) is 2.84. The fourth-order valence-corrected chi connectivity index (χ4v) is 1.84. The second-order valence-corrected chi connectivity index (χ2v) is 4.33. The van der Waals surface area contributed by atoms with Crippen molar-refractivity contribution < 1.29 is 0 Å². The highest BCUT2D eigenvalue weighted by Crippen LogP contribution is 2.24. The maximum absolute atomic E-state index is 6.04. The normalized spacial score (nSPS) is 10.6. The van der Waals surface area contributed by atoms with E-state index in [2.05, 4.69) is 31.5 Å².